The van der Waals surface area contributed by atoms with Gasteiger partial charge >= 0.3 is 6.18 Å². The maximum absolute atomic E-state index is 12.5. The fourth-order valence-corrected chi connectivity index (χ4v) is 2.99. The average Bonchev–Trinajstić information content (AvgIpc) is 2.76. The Bertz CT molecular complexity index is 512. The summed E-state index contributed by atoms with van der Waals surface area (Å²) in [6, 6.07) is 4.91. The molecule has 2 heterocycles. The highest BCUT2D eigenvalue weighted by Gasteiger charge is 2.41. The first-order chi connectivity index (χ1) is 9.47. The molecule has 0 aromatic heterocycles. The molecule has 1 aromatic carbocycles. The van der Waals surface area contributed by atoms with Gasteiger partial charge in [0, 0.05) is 6.54 Å². The number of amides is 1. The zero-order valence-corrected chi connectivity index (χ0v) is 10.8. The summed E-state index contributed by atoms with van der Waals surface area (Å²) in [6.45, 7) is 0.801. The molecule has 0 aliphatic carbocycles. The van der Waals surface area contributed by atoms with Crippen LogP contribution >= 0.6 is 0 Å². The Morgan fingerprint density at radius 1 is 1.15 bits per heavy atom. The Labute approximate surface area is 114 Å². The van der Waals surface area contributed by atoms with Crippen LogP contribution in [0, 0.1) is 0 Å². The van der Waals surface area contributed by atoms with Crippen LogP contribution in [0.2, 0.25) is 0 Å². The van der Waals surface area contributed by atoms with Crippen LogP contribution in [0.25, 0.3) is 0 Å². The van der Waals surface area contributed by atoms with Gasteiger partial charge in [-0.3, -0.25) is 9.69 Å². The second-order valence-corrected chi connectivity index (χ2v) is 5.28. The monoisotopic (exact) mass is 284 g/mol. The van der Waals surface area contributed by atoms with E-state index in [1.54, 1.807) is 0 Å². The minimum Gasteiger partial charge on any atom is -0.335 e. The molecule has 0 spiro atoms. The Kier molecular flexibility index (Phi) is 3.20. The van der Waals surface area contributed by atoms with Crippen molar-refractivity contribution in [3.05, 3.63) is 35.4 Å². The predicted octanol–water partition coefficient (Wildman–Crippen LogP) is 2.69. The van der Waals surface area contributed by atoms with Crippen LogP contribution in [-0.2, 0) is 11.0 Å². The van der Waals surface area contributed by atoms with E-state index in [1.165, 1.54) is 12.1 Å². The molecule has 3 nitrogen and oxygen atoms in total. The maximum Gasteiger partial charge on any atom is 0.416 e. The summed E-state index contributed by atoms with van der Waals surface area (Å²) in [5.41, 5.74) is 0.0384. The smallest absolute Gasteiger partial charge is 0.335 e. The van der Waals surface area contributed by atoms with Crippen LogP contribution in [0.3, 0.4) is 0 Å². The van der Waals surface area contributed by atoms with Crippen LogP contribution in [0.5, 0.6) is 0 Å². The average molecular weight is 284 g/mol. The number of nitrogens with one attached hydrogen (secondary N) is 1. The molecular weight excluding hydrogens is 269 g/mol. The lowest BCUT2D eigenvalue weighted by molar-refractivity contribution is -0.137. The van der Waals surface area contributed by atoms with Crippen LogP contribution in [0.1, 0.15) is 36.6 Å². The van der Waals surface area contributed by atoms with Crippen LogP contribution in [0.4, 0.5) is 13.2 Å². The molecule has 108 valence electrons. The minimum absolute atomic E-state index is 0.0189. The highest BCUT2D eigenvalue weighted by atomic mass is 19.4. The van der Waals surface area contributed by atoms with Gasteiger partial charge in [0.15, 0.2) is 0 Å². The van der Waals surface area contributed by atoms with Gasteiger partial charge in [0.25, 0.3) is 0 Å². The Morgan fingerprint density at radius 3 is 2.50 bits per heavy atom. The van der Waals surface area contributed by atoms with Crippen molar-refractivity contribution in [3.63, 3.8) is 0 Å². The summed E-state index contributed by atoms with van der Waals surface area (Å²) >= 11 is 0. The molecule has 1 amide bonds. The number of hydrogen-bond acceptors (Lipinski definition) is 2. The Balaban J connectivity index is 1.84. The molecular formula is C14H15F3N2O. The van der Waals surface area contributed by atoms with Gasteiger partial charge in [-0.2, -0.15) is 13.2 Å². The molecule has 0 bridgehead atoms. The summed E-state index contributed by atoms with van der Waals surface area (Å²) in [4.78, 5) is 13.9. The summed E-state index contributed by atoms with van der Waals surface area (Å²) in [6.07, 6.45) is -1.76. The highest BCUT2D eigenvalue weighted by Crippen LogP contribution is 2.34. The lowest BCUT2D eigenvalue weighted by Gasteiger charge is -2.31. The Hall–Kier alpha value is -1.56. The van der Waals surface area contributed by atoms with E-state index in [9.17, 15) is 18.0 Å². The van der Waals surface area contributed by atoms with Crippen molar-refractivity contribution in [3.8, 4) is 0 Å². The molecule has 0 radical (unpaired) electrons. The van der Waals surface area contributed by atoms with Gasteiger partial charge in [0.1, 0.15) is 6.17 Å². The normalized spacial score (nSPS) is 27.2. The maximum atomic E-state index is 12.5. The predicted molar refractivity (Wildman–Crippen MR) is 66.7 cm³/mol. The van der Waals surface area contributed by atoms with Crippen molar-refractivity contribution in [1.29, 1.82) is 0 Å². The van der Waals surface area contributed by atoms with Gasteiger partial charge < -0.3 is 5.32 Å². The first kappa shape index (κ1) is 13.4. The van der Waals surface area contributed by atoms with Gasteiger partial charge in [0.2, 0.25) is 5.91 Å². The zero-order valence-electron chi connectivity index (χ0n) is 10.8. The van der Waals surface area contributed by atoms with E-state index in [0.717, 1.165) is 37.9 Å². The number of benzene rings is 1. The minimum atomic E-state index is -4.33. The quantitative estimate of drug-likeness (QED) is 0.860. The van der Waals surface area contributed by atoms with Crippen molar-refractivity contribution in [2.45, 2.75) is 37.6 Å². The van der Waals surface area contributed by atoms with Gasteiger partial charge in [-0.05, 0) is 30.5 Å². The summed E-state index contributed by atoms with van der Waals surface area (Å²) in [5.74, 6) is -0.0189. The fraction of sp³-hybridized carbons (Fsp3) is 0.500. The molecule has 2 saturated heterocycles. The van der Waals surface area contributed by atoms with Gasteiger partial charge in [-0.1, -0.05) is 18.6 Å². The number of piperidine rings is 1. The molecule has 1 N–H and O–H groups in total. The first-order valence-corrected chi connectivity index (χ1v) is 6.70. The number of nitrogens with zero attached hydrogens (tertiary/aromatic N) is 1. The van der Waals surface area contributed by atoms with E-state index in [2.05, 4.69) is 10.2 Å². The third-order valence-electron chi connectivity index (χ3n) is 4.01. The number of alkyl halides is 3. The molecule has 2 aliphatic heterocycles. The fourth-order valence-electron chi connectivity index (χ4n) is 2.99. The lowest BCUT2D eigenvalue weighted by atomic mass is 10.0. The number of rotatable bonds is 1. The van der Waals surface area contributed by atoms with E-state index >= 15 is 0 Å². The van der Waals surface area contributed by atoms with Crippen LogP contribution in [0.15, 0.2) is 24.3 Å². The number of fused-ring (bicyclic) bond motifs is 1. The van der Waals surface area contributed by atoms with Gasteiger partial charge in [-0.15, -0.1) is 0 Å². The van der Waals surface area contributed by atoms with E-state index in [0.29, 0.717) is 5.56 Å². The van der Waals surface area contributed by atoms with Crippen molar-refractivity contribution in [2.75, 3.05) is 6.54 Å². The second kappa shape index (κ2) is 4.77. The Morgan fingerprint density at radius 2 is 1.85 bits per heavy atom. The van der Waals surface area contributed by atoms with Crippen molar-refractivity contribution in [1.82, 2.24) is 10.2 Å². The molecule has 2 unspecified atom stereocenters. The molecule has 2 aliphatic rings. The summed E-state index contributed by atoms with van der Waals surface area (Å²) < 4.78 is 37.6. The second-order valence-electron chi connectivity index (χ2n) is 5.28. The molecule has 6 heteroatoms. The van der Waals surface area contributed by atoms with Crippen LogP contribution in [-0.4, -0.2) is 23.4 Å². The van der Waals surface area contributed by atoms with Crippen molar-refractivity contribution in [2.24, 2.45) is 0 Å². The summed E-state index contributed by atoms with van der Waals surface area (Å²) in [7, 11) is 0. The molecule has 3 rings (SSSR count). The number of carbonyl (C=O) groups is 1. The van der Waals surface area contributed by atoms with E-state index < -0.39 is 11.7 Å². The number of carbonyl (C=O) groups excluding carboxylic acids is 1. The third kappa shape index (κ3) is 2.28. The lowest BCUT2D eigenvalue weighted by Crippen LogP contribution is -2.38. The standard InChI is InChI=1S/C14H15F3N2O/c15-14(16,17)10-6-4-9(5-7-10)12-18-13(20)11-3-1-2-8-19(11)12/h4-7,11-12H,1-3,8H2,(H,18,20). The van der Waals surface area contributed by atoms with E-state index in [4.69, 9.17) is 0 Å². The van der Waals surface area contributed by atoms with E-state index in [-0.39, 0.29) is 18.1 Å². The van der Waals surface area contributed by atoms with Gasteiger partial charge in [0.05, 0.1) is 11.6 Å². The molecule has 20 heavy (non-hydrogen) atoms. The number of hydrogen-bond donors (Lipinski definition) is 1. The topological polar surface area (TPSA) is 32.3 Å². The number of halogens is 3. The summed E-state index contributed by atoms with van der Waals surface area (Å²) in [5, 5.41) is 2.88. The van der Waals surface area contributed by atoms with Crippen molar-refractivity contribution < 1.29 is 18.0 Å². The molecule has 0 saturated carbocycles. The largest absolute Gasteiger partial charge is 0.416 e. The zero-order chi connectivity index (χ0) is 14.3. The van der Waals surface area contributed by atoms with Crippen molar-refractivity contribution >= 4 is 5.91 Å². The SMILES string of the molecule is O=C1NC(c2ccc(C(F)(F)F)cc2)N2CCCCC12. The first-order valence-electron chi connectivity index (χ1n) is 6.70. The molecule has 2 fully saturated rings. The molecule has 2 atom stereocenters. The molecule has 1 aromatic rings. The third-order valence-corrected chi connectivity index (χ3v) is 4.01. The highest BCUT2D eigenvalue weighted by molar-refractivity contribution is 5.84. The van der Waals surface area contributed by atoms with E-state index in [1.807, 2.05) is 0 Å². The van der Waals surface area contributed by atoms with Gasteiger partial charge in [-0.25, -0.2) is 0 Å². The van der Waals surface area contributed by atoms with Crippen LogP contribution < -0.4 is 5.32 Å².